The highest BCUT2D eigenvalue weighted by Crippen LogP contribution is 2.19. The van der Waals surface area contributed by atoms with Crippen LogP contribution >= 0.6 is 0 Å². The van der Waals surface area contributed by atoms with Gasteiger partial charge in [-0.05, 0) is 19.8 Å². The van der Waals surface area contributed by atoms with Gasteiger partial charge in [0.15, 0.2) is 0 Å². The first-order chi connectivity index (χ1) is 10.3. The second-order valence-corrected chi connectivity index (χ2v) is 5.35. The molecule has 1 fully saturated rings. The molecule has 6 nitrogen and oxygen atoms in total. The van der Waals surface area contributed by atoms with Crippen molar-refractivity contribution in [3.05, 3.63) is 17.5 Å². The van der Waals surface area contributed by atoms with Crippen molar-refractivity contribution in [1.82, 2.24) is 15.1 Å². The van der Waals surface area contributed by atoms with E-state index in [0.29, 0.717) is 33.0 Å². The Bertz CT molecular complexity index is 405. The van der Waals surface area contributed by atoms with Crippen LogP contribution in [0, 0.1) is 6.92 Å². The van der Waals surface area contributed by atoms with Crippen molar-refractivity contribution in [3.8, 4) is 0 Å². The monoisotopic (exact) mass is 297 g/mol. The van der Waals surface area contributed by atoms with Crippen molar-refractivity contribution in [3.63, 3.8) is 0 Å². The Morgan fingerprint density at radius 2 is 1.90 bits per heavy atom. The predicted molar refractivity (Wildman–Crippen MR) is 80.3 cm³/mol. The molecule has 0 radical (unpaired) electrons. The van der Waals surface area contributed by atoms with E-state index in [2.05, 4.69) is 17.3 Å². The lowest BCUT2D eigenvalue weighted by Crippen LogP contribution is -2.16. The minimum atomic E-state index is 0.609. The quantitative estimate of drug-likeness (QED) is 0.586. The lowest BCUT2D eigenvalue weighted by atomic mass is 10.2. The summed E-state index contributed by atoms with van der Waals surface area (Å²) in [6.45, 7) is 6.95. The van der Waals surface area contributed by atoms with Crippen LogP contribution in [0.2, 0.25) is 0 Å². The maximum Gasteiger partial charge on any atom is 0.0701 e. The second-order valence-electron chi connectivity index (χ2n) is 5.35. The van der Waals surface area contributed by atoms with E-state index in [1.165, 1.54) is 24.1 Å². The largest absolute Gasteiger partial charge is 0.382 e. The van der Waals surface area contributed by atoms with Crippen molar-refractivity contribution >= 4 is 0 Å². The topological polar surface area (TPSA) is 57.5 Å². The highest BCUT2D eigenvalue weighted by atomic mass is 16.5. The van der Waals surface area contributed by atoms with Crippen LogP contribution in [0.4, 0.5) is 0 Å². The molecule has 21 heavy (non-hydrogen) atoms. The van der Waals surface area contributed by atoms with Crippen LogP contribution in [0.3, 0.4) is 0 Å². The van der Waals surface area contributed by atoms with Gasteiger partial charge in [-0.1, -0.05) is 0 Å². The number of nitrogens with one attached hydrogen (secondary N) is 1. The Morgan fingerprint density at radius 3 is 2.62 bits per heavy atom. The summed E-state index contributed by atoms with van der Waals surface area (Å²) < 4.78 is 17.8. The zero-order valence-electron chi connectivity index (χ0n) is 13.1. The number of ether oxygens (including phenoxy) is 3. The van der Waals surface area contributed by atoms with Crippen molar-refractivity contribution in [2.24, 2.45) is 0 Å². The molecule has 120 valence electrons. The molecule has 1 heterocycles. The molecule has 1 aromatic heterocycles. The summed E-state index contributed by atoms with van der Waals surface area (Å²) in [4.78, 5) is 0. The lowest BCUT2D eigenvalue weighted by Gasteiger charge is -2.08. The summed E-state index contributed by atoms with van der Waals surface area (Å²) >= 11 is 0. The van der Waals surface area contributed by atoms with E-state index in [0.717, 1.165) is 19.1 Å². The number of aromatic nitrogens is 2. The van der Waals surface area contributed by atoms with Gasteiger partial charge in [0.05, 0.1) is 45.8 Å². The Hall–Kier alpha value is -0.950. The van der Waals surface area contributed by atoms with E-state index in [-0.39, 0.29) is 0 Å². The molecule has 1 saturated carbocycles. The third-order valence-electron chi connectivity index (χ3n) is 3.61. The van der Waals surface area contributed by atoms with Gasteiger partial charge in [0, 0.05) is 31.0 Å². The average molecular weight is 297 g/mol. The number of methoxy groups -OCH3 is 1. The first kappa shape index (κ1) is 16.4. The fourth-order valence-corrected chi connectivity index (χ4v) is 2.04. The van der Waals surface area contributed by atoms with Gasteiger partial charge in [0.25, 0.3) is 0 Å². The van der Waals surface area contributed by atoms with Gasteiger partial charge < -0.3 is 19.5 Å². The minimum absolute atomic E-state index is 0.609. The standard InChI is InChI=1S/C15H27N3O3/c1-13-14(11-16-15-3-4-15)12-17-18(13)5-6-20-9-10-21-8-7-19-2/h12,15-16H,3-11H2,1-2H3. The Labute approximate surface area is 126 Å². The summed E-state index contributed by atoms with van der Waals surface area (Å²) in [7, 11) is 1.67. The van der Waals surface area contributed by atoms with Gasteiger partial charge in [-0.2, -0.15) is 5.10 Å². The highest BCUT2D eigenvalue weighted by Gasteiger charge is 2.20. The number of hydrogen-bond donors (Lipinski definition) is 1. The van der Waals surface area contributed by atoms with Gasteiger partial charge >= 0.3 is 0 Å². The fraction of sp³-hybridized carbons (Fsp3) is 0.800. The normalized spacial score (nSPS) is 14.8. The summed E-state index contributed by atoms with van der Waals surface area (Å²) in [5.41, 5.74) is 2.51. The van der Waals surface area contributed by atoms with E-state index >= 15 is 0 Å². The molecule has 0 aromatic carbocycles. The van der Waals surface area contributed by atoms with Gasteiger partial charge in [-0.3, -0.25) is 4.68 Å². The molecular weight excluding hydrogens is 270 g/mol. The molecule has 0 aliphatic heterocycles. The summed E-state index contributed by atoms with van der Waals surface area (Å²) in [5.74, 6) is 0. The van der Waals surface area contributed by atoms with E-state index in [1.807, 2.05) is 10.9 Å². The first-order valence-corrected chi connectivity index (χ1v) is 7.70. The van der Waals surface area contributed by atoms with Gasteiger partial charge in [0.2, 0.25) is 0 Å². The summed E-state index contributed by atoms with van der Waals surface area (Å²) in [6.07, 6.45) is 4.58. The van der Waals surface area contributed by atoms with E-state index in [4.69, 9.17) is 14.2 Å². The van der Waals surface area contributed by atoms with Crippen LogP contribution in [0.1, 0.15) is 24.1 Å². The molecule has 2 rings (SSSR count). The van der Waals surface area contributed by atoms with Crippen molar-refractivity contribution in [2.75, 3.05) is 40.1 Å². The van der Waals surface area contributed by atoms with Gasteiger partial charge in [0.1, 0.15) is 0 Å². The third kappa shape index (κ3) is 6.13. The number of nitrogens with zero attached hydrogens (tertiary/aromatic N) is 2. The van der Waals surface area contributed by atoms with Crippen LogP contribution in [0.25, 0.3) is 0 Å². The van der Waals surface area contributed by atoms with Crippen molar-refractivity contribution < 1.29 is 14.2 Å². The maximum absolute atomic E-state index is 5.55. The molecule has 0 saturated heterocycles. The van der Waals surface area contributed by atoms with Crippen LogP contribution in [-0.2, 0) is 27.3 Å². The van der Waals surface area contributed by atoms with E-state index in [9.17, 15) is 0 Å². The smallest absolute Gasteiger partial charge is 0.0701 e. The maximum atomic E-state index is 5.55. The summed E-state index contributed by atoms with van der Waals surface area (Å²) in [6, 6.07) is 0.731. The van der Waals surface area contributed by atoms with Crippen LogP contribution < -0.4 is 5.32 Å². The fourth-order valence-electron chi connectivity index (χ4n) is 2.04. The van der Waals surface area contributed by atoms with Crippen LogP contribution in [0.15, 0.2) is 6.20 Å². The first-order valence-electron chi connectivity index (χ1n) is 7.70. The molecule has 6 heteroatoms. The molecule has 0 spiro atoms. The molecule has 0 atom stereocenters. The lowest BCUT2D eigenvalue weighted by molar-refractivity contribution is 0.0224. The van der Waals surface area contributed by atoms with E-state index in [1.54, 1.807) is 7.11 Å². The zero-order chi connectivity index (χ0) is 14.9. The second kappa shape index (κ2) is 9.15. The highest BCUT2D eigenvalue weighted by molar-refractivity contribution is 5.16. The molecular formula is C15H27N3O3. The molecule has 0 bridgehead atoms. The molecule has 1 aromatic rings. The van der Waals surface area contributed by atoms with Crippen LogP contribution in [-0.4, -0.2) is 56.0 Å². The van der Waals surface area contributed by atoms with Crippen LogP contribution in [0.5, 0.6) is 0 Å². The average Bonchev–Trinajstić information content (AvgIpc) is 3.25. The van der Waals surface area contributed by atoms with Gasteiger partial charge in [-0.15, -0.1) is 0 Å². The SMILES string of the molecule is COCCOCCOCCn1ncc(CNC2CC2)c1C. The Balaban J connectivity index is 1.55. The molecule has 1 aliphatic rings. The molecule has 1 aliphatic carbocycles. The zero-order valence-corrected chi connectivity index (χ0v) is 13.1. The van der Waals surface area contributed by atoms with E-state index < -0.39 is 0 Å². The summed E-state index contributed by atoms with van der Waals surface area (Å²) in [5, 5.41) is 7.94. The molecule has 1 N–H and O–H groups in total. The van der Waals surface area contributed by atoms with Crippen molar-refractivity contribution in [1.29, 1.82) is 0 Å². The van der Waals surface area contributed by atoms with Gasteiger partial charge in [-0.25, -0.2) is 0 Å². The number of rotatable bonds is 12. The van der Waals surface area contributed by atoms with Crippen molar-refractivity contribution in [2.45, 2.75) is 38.9 Å². The molecule has 0 unspecified atom stereocenters. The third-order valence-corrected chi connectivity index (χ3v) is 3.61. The number of hydrogen-bond acceptors (Lipinski definition) is 5. The molecule has 0 amide bonds. The minimum Gasteiger partial charge on any atom is -0.382 e. The predicted octanol–water partition coefficient (Wildman–Crippen LogP) is 1.12. The Kier molecular flexibility index (Phi) is 7.15. The Morgan fingerprint density at radius 1 is 1.19 bits per heavy atom.